The average Bonchev–Trinajstić information content (AvgIpc) is 2.83. The number of hydrogen-bond donors (Lipinski definition) is 2. The van der Waals surface area contributed by atoms with E-state index in [4.69, 9.17) is 0 Å². The molecule has 2 N–H and O–H groups in total. The maximum atomic E-state index is 11.6. The molecule has 5 aromatic rings. The van der Waals surface area contributed by atoms with Crippen LogP contribution in [0.2, 0.25) is 19.6 Å². The highest BCUT2D eigenvalue weighted by molar-refractivity contribution is 6.88. The molecule has 0 radical (unpaired) electrons. The second-order valence-corrected chi connectivity index (χ2v) is 14.8. The molecule has 2 nitrogen and oxygen atoms in total. The van der Waals surface area contributed by atoms with Crippen LogP contribution in [0.25, 0.3) is 32.7 Å². The summed E-state index contributed by atoms with van der Waals surface area (Å²) < 4.78 is 0. The summed E-state index contributed by atoms with van der Waals surface area (Å²) in [5, 5.41) is 28.1. The summed E-state index contributed by atoms with van der Waals surface area (Å²) in [6.07, 6.45) is -0.807. The summed E-state index contributed by atoms with van der Waals surface area (Å²) in [6, 6.07) is 32.4. The van der Waals surface area contributed by atoms with E-state index in [-0.39, 0.29) is 5.75 Å². The molecule has 0 spiro atoms. The first kappa shape index (κ1) is 21.4. The lowest BCUT2D eigenvalue weighted by molar-refractivity contribution is 0.221. The van der Waals surface area contributed by atoms with Crippen molar-refractivity contribution >= 4 is 34.8 Å². The highest BCUT2D eigenvalue weighted by Crippen LogP contribution is 2.44. The zero-order valence-electron chi connectivity index (χ0n) is 19.2. The smallest absolute Gasteiger partial charge is 0.124 e. The summed E-state index contributed by atoms with van der Waals surface area (Å²) in [4.78, 5) is 0. The van der Waals surface area contributed by atoms with Crippen molar-refractivity contribution in [3.8, 4) is 16.9 Å². The van der Waals surface area contributed by atoms with Gasteiger partial charge in [-0.15, -0.1) is 0 Å². The van der Waals surface area contributed by atoms with Gasteiger partial charge < -0.3 is 10.2 Å². The summed E-state index contributed by atoms with van der Waals surface area (Å²) in [5.74, 6) is 0.215. The van der Waals surface area contributed by atoms with Crippen molar-refractivity contribution in [1.82, 2.24) is 0 Å². The van der Waals surface area contributed by atoms with E-state index in [1.807, 2.05) is 54.6 Å². The van der Waals surface area contributed by atoms with Crippen LogP contribution >= 0.6 is 0 Å². The number of hydrogen-bond acceptors (Lipinski definition) is 2. The zero-order chi connectivity index (χ0) is 23.2. The minimum atomic E-state index is -1.42. The van der Waals surface area contributed by atoms with Crippen LogP contribution in [0.4, 0.5) is 0 Å². The quantitative estimate of drug-likeness (QED) is 0.291. The van der Waals surface area contributed by atoms with Gasteiger partial charge in [0.15, 0.2) is 0 Å². The lowest BCUT2D eigenvalue weighted by Gasteiger charge is -2.22. The fourth-order valence-electron chi connectivity index (χ4n) is 4.66. The van der Waals surface area contributed by atoms with Crippen molar-refractivity contribution < 1.29 is 10.2 Å². The Morgan fingerprint density at radius 3 is 1.76 bits per heavy atom. The van der Waals surface area contributed by atoms with Crippen molar-refractivity contribution in [1.29, 1.82) is 0 Å². The summed E-state index contributed by atoms with van der Waals surface area (Å²) >= 11 is 0. The molecule has 0 aliphatic heterocycles. The Labute approximate surface area is 195 Å². The fourth-order valence-corrected chi connectivity index (χ4v) is 5.83. The largest absolute Gasteiger partial charge is 0.507 e. The number of aromatic hydroxyl groups is 1. The van der Waals surface area contributed by atoms with Crippen LogP contribution in [0, 0.1) is 0 Å². The van der Waals surface area contributed by atoms with E-state index in [0.29, 0.717) is 0 Å². The van der Waals surface area contributed by atoms with Gasteiger partial charge in [0.2, 0.25) is 0 Å². The van der Waals surface area contributed by atoms with Gasteiger partial charge in [0, 0.05) is 5.56 Å². The SMILES string of the molecule is C[Si](C)(C)c1ccc([C@@H](O)c2ccc3ccccc3c2-c2c(O)ccc3ccccc23)cc1. The van der Waals surface area contributed by atoms with E-state index in [2.05, 4.69) is 56.0 Å². The van der Waals surface area contributed by atoms with E-state index < -0.39 is 14.2 Å². The van der Waals surface area contributed by atoms with Gasteiger partial charge in [0.1, 0.15) is 11.9 Å². The van der Waals surface area contributed by atoms with Gasteiger partial charge in [-0.25, -0.2) is 0 Å². The minimum Gasteiger partial charge on any atom is -0.507 e. The van der Waals surface area contributed by atoms with Crippen LogP contribution < -0.4 is 5.19 Å². The van der Waals surface area contributed by atoms with Crippen molar-refractivity contribution in [2.45, 2.75) is 25.7 Å². The highest BCUT2D eigenvalue weighted by Gasteiger charge is 2.23. The summed E-state index contributed by atoms with van der Waals surface area (Å²) in [6.45, 7) is 6.97. The van der Waals surface area contributed by atoms with Gasteiger partial charge in [0.25, 0.3) is 0 Å². The molecule has 0 aliphatic carbocycles. The molecule has 33 heavy (non-hydrogen) atoms. The highest BCUT2D eigenvalue weighted by atomic mass is 28.3. The van der Waals surface area contributed by atoms with Gasteiger partial charge in [-0.3, -0.25) is 0 Å². The number of phenols is 1. The van der Waals surface area contributed by atoms with Gasteiger partial charge >= 0.3 is 0 Å². The molecule has 0 heterocycles. The number of rotatable bonds is 4. The Kier molecular flexibility index (Phi) is 5.32. The third-order valence-electron chi connectivity index (χ3n) is 6.51. The number of aliphatic hydroxyl groups is 1. The lowest BCUT2D eigenvalue weighted by Crippen LogP contribution is -2.37. The molecule has 3 heteroatoms. The van der Waals surface area contributed by atoms with E-state index in [1.165, 1.54) is 5.19 Å². The van der Waals surface area contributed by atoms with E-state index >= 15 is 0 Å². The molecule has 5 aromatic carbocycles. The number of phenolic OH excluding ortho intramolecular Hbond substituents is 1. The molecule has 0 amide bonds. The number of aliphatic hydroxyl groups excluding tert-OH is 1. The molecular weight excluding hydrogens is 420 g/mol. The third kappa shape index (κ3) is 3.84. The zero-order valence-corrected chi connectivity index (χ0v) is 20.2. The Morgan fingerprint density at radius 2 is 1.15 bits per heavy atom. The first-order valence-electron chi connectivity index (χ1n) is 11.4. The van der Waals surface area contributed by atoms with Gasteiger partial charge in [-0.05, 0) is 44.3 Å². The standard InChI is InChI=1S/C30H28O2Si/c1-33(2,3)23-16-12-22(13-17-23)30(32)26-18-14-20-8-4-6-10-24(20)28(26)29-25-11-7-5-9-21(25)15-19-27(29)31/h4-19,30-32H,1-3H3/t30-/m1/s1. The topological polar surface area (TPSA) is 40.5 Å². The second kappa shape index (κ2) is 8.18. The molecule has 0 aromatic heterocycles. The predicted molar refractivity (Wildman–Crippen MR) is 142 cm³/mol. The number of fused-ring (bicyclic) bond motifs is 2. The van der Waals surface area contributed by atoms with Crippen LogP contribution in [0.15, 0.2) is 97.1 Å². The second-order valence-electron chi connectivity index (χ2n) is 9.71. The molecule has 164 valence electrons. The molecule has 0 unspecified atom stereocenters. The van der Waals surface area contributed by atoms with Crippen molar-refractivity contribution in [2.75, 3.05) is 0 Å². The van der Waals surface area contributed by atoms with Gasteiger partial charge in [0.05, 0.1) is 8.07 Å². The Hall–Kier alpha value is -3.40. The predicted octanol–water partition coefficient (Wildman–Crippen LogP) is 6.99. The Bertz CT molecular complexity index is 1460. The summed E-state index contributed by atoms with van der Waals surface area (Å²) in [7, 11) is -1.42. The van der Waals surface area contributed by atoms with E-state index in [0.717, 1.165) is 43.8 Å². The fraction of sp³-hybridized carbons (Fsp3) is 0.133. The molecule has 1 atom stereocenters. The van der Waals surface area contributed by atoms with E-state index in [9.17, 15) is 10.2 Å². The molecule has 0 bridgehead atoms. The van der Waals surface area contributed by atoms with Crippen LogP contribution in [0.3, 0.4) is 0 Å². The maximum absolute atomic E-state index is 11.6. The van der Waals surface area contributed by atoms with Gasteiger partial charge in [-0.1, -0.05) is 116 Å². The monoisotopic (exact) mass is 448 g/mol. The molecular formula is C30H28O2Si. The maximum Gasteiger partial charge on any atom is 0.124 e. The molecule has 0 aliphatic rings. The third-order valence-corrected chi connectivity index (χ3v) is 8.57. The van der Waals surface area contributed by atoms with Crippen LogP contribution in [-0.4, -0.2) is 18.3 Å². The lowest BCUT2D eigenvalue weighted by atomic mass is 9.86. The minimum absolute atomic E-state index is 0.215. The Balaban J connectivity index is 1.78. The van der Waals surface area contributed by atoms with Crippen LogP contribution in [-0.2, 0) is 0 Å². The Morgan fingerprint density at radius 1 is 0.606 bits per heavy atom. The van der Waals surface area contributed by atoms with Crippen molar-refractivity contribution in [2.24, 2.45) is 0 Å². The van der Waals surface area contributed by atoms with Gasteiger partial charge in [-0.2, -0.15) is 0 Å². The molecule has 0 saturated carbocycles. The molecule has 5 rings (SSSR count). The number of benzene rings is 5. The first-order valence-corrected chi connectivity index (χ1v) is 14.9. The van der Waals surface area contributed by atoms with Crippen LogP contribution in [0.1, 0.15) is 17.2 Å². The average molecular weight is 449 g/mol. The first-order chi connectivity index (χ1) is 15.8. The normalized spacial score (nSPS) is 12.8. The van der Waals surface area contributed by atoms with Crippen molar-refractivity contribution in [3.05, 3.63) is 108 Å². The van der Waals surface area contributed by atoms with Crippen molar-refractivity contribution in [3.63, 3.8) is 0 Å². The molecule has 0 fully saturated rings. The van der Waals surface area contributed by atoms with E-state index in [1.54, 1.807) is 6.07 Å². The summed E-state index contributed by atoms with van der Waals surface area (Å²) in [5.41, 5.74) is 3.29. The molecule has 0 saturated heterocycles. The van der Waals surface area contributed by atoms with Crippen LogP contribution in [0.5, 0.6) is 5.75 Å².